The van der Waals surface area contributed by atoms with Gasteiger partial charge < -0.3 is 9.88 Å². The second-order valence-electron chi connectivity index (χ2n) is 4.07. The minimum atomic E-state index is 0.489. The Hall–Kier alpha value is -1.69. The Morgan fingerprint density at radius 3 is 2.78 bits per heavy atom. The number of nitrogens with one attached hydrogen (secondary N) is 1. The summed E-state index contributed by atoms with van der Waals surface area (Å²) in [7, 11) is 1.92. The summed E-state index contributed by atoms with van der Waals surface area (Å²) in [5.74, 6) is 2.36. The second-order valence-corrected chi connectivity index (χ2v) is 4.43. The van der Waals surface area contributed by atoms with Crippen LogP contribution in [0, 0.1) is 13.8 Å². The summed E-state index contributed by atoms with van der Waals surface area (Å²) in [4.78, 5) is 8.42. The normalized spacial score (nSPS) is 10.7. The first-order chi connectivity index (χ1) is 8.58. The lowest BCUT2D eigenvalue weighted by molar-refractivity contribution is 0.786. The number of hydrogen-bond acceptors (Lipinski definition) is 5. The van der Waals surface area contributed by atoms with Gasteiger partial charge in [-0.1, -0.05) is 11.6 Å². The van der Waals surface area contributed by atoms with Crippen molar-refractivity contribution in [2.75, 3.05) is 11.9 Å². The summed E-state index contributed by atoms with van der Waals surface area (Å²) in [6.07, 6.45) is 2.46. The van der Waals surface area contributed by atoms with Gasteiger partial charge in [-0.3, -0.25) is 0 Å². The molecule has 2 heterocycles. The third kappa shape index (κ3) is 2.76. The van der Waals surface area contributed by atoms with Crippen molar-refractivity contribution < 1.29 is 0 Å². The van der Waals surface area contributed by atoms with Crippen LogP contribution in [0.4, 0.5) is 5.82 Å². The molecule has 0 atom stereocenters. The highest BCUT2D eigenvalue weighted by atomic mass is 35.5. The monoisotopic (exact) mass is 266 g/mol. The van der Waals surface area contributed by atoms with Crippen molar-refractivity contribution in [3.63, 3.8) is 0 Å². The molecule has 96 valence electrons. The molecule has 2 rings (SSSR count). The van der Waals surface area contributed by atoms with Gasteiger partial charge in [0.15, 0.2) is 0 Å². The van der Waals surface area contributed by atoms with Crippen LogP contribution in [0.5, 0.6) is 0 Å². The molecule has 0 saturated carbocycles. The average molecular weight is 267 g/mol. The Labute approximate surface area is 110 Å². The molecule has 0 saturated heterocycles. The molecule has 0 unspecified atom stereocenters. The van der Waals surface area contributed by atoms with Crippen LogP contribution in [-0.2, 0) is 13.5 Å². The number of halogens is 1. The number of aryl methyl sites for hydroxylation is 2. The minimum Gasteiger partial charge on any atom is -0.369 e. The zero-order chi connectivity index (χ0) is 13.1. The first-order valence-electron chi connectivity index (χ1n) is 5.65. The highest BCUT2D eigenvalue weighted by Crippen LogP contribution is 2.19. The van der Waals surface area contributed by atoms with Gasteiger partial charge in [0, 0.05) is 25.6 Å². The first kappa shape index (κ1) is 12.8. The van der Waals surface area contributed by atoms with Gasteiger partial charge in [0.1, 0.15) is 28.9 Å². The van der Waals surface area contributed by atoms with Crippen LogP contribution in [0.15, 0.2) is 6.33 Å². The number of rotatable bonds is 4. The molecule has 0 spiro atoms. The van der Waals surface area contributed by atoms with E-state index in [1.54, 1.807) is 6.33 Å². The quantitative estimate of drug-likeness (QED) is 0.850. The van der Waals surface area contributed by atoms with E-state index < -0.39 is 0 Å². The van der Waals surface area contributed by atoms with Crippen LogP contribution < -0.4 is 5.32 Å². The third-order valence-corrected chi connectivity index (χ3v) is 3.01. The zero-order valence-corrected chi connectivity index (χ0v) is 11.4. The van der Waals surface area contributed by atoms with Gasteiger partial charge >= 0.3 is 0 Å². The maximum atomic E-state index is 6.01. The number of nitrogens with zero attached hydrogens (tertiary/aromatic N) is 5. The van der Waals surface area contributed by atoms with E-state index in [9.17, 15) is 0 Å². The summed E-state index contributed by atoms with van der Waals surface area (Å²) in [6, 6.07) is 0. The van der Waals surface area contributed by atoms with Crippen molar-refractivity contribution >= 4 is 17.4 Å². The lowest BCUT2D eigenvalue weighted by Crippen LogP contribution is -2.11. The fourth-order valence-electron chi connectivity index (χ4n) is 1.59. The largest absolute Gasteiger partial charge is 0.369 e. The van der Waals surface area contributed by atoms with Crippen molar-refractivity contribution in [1.82, 2.24) is 24.7 Å². The maximum absolute atomic E-state index is 6.01. The molecule has 0 aromatic carbocycles. The van der Waals surface area contributed by atoms with Crippen LogP contribution >= 0.6 is 11.6 Å². The highest BCUT2D eigenvalue weighted by molar-refractivity contribution is 6.30. The molecule has 0 aliphatic rings. The van der Waals surface area contributed by atoms with Crippen LogP contribution in [-0.4, -0.2) is 31.3 Å². The summed E-state index contributed by atoms with van der Waals surface area (Å²) < 4.78 is 1.90. The van der Waals surface area contributed by atoms with Gasteiger partial charge in [-0.15, -0.1) is 10.2 Å². The predicted molar refractivity (Wildman–Crippen MR) is 69.7 cm³/mol. The molecule has 0 radical (unpaired) electrons. The molecule has 0 aliphatic carbocycles. The van der Waals surface area contributed by atoms with Crippen LogP contribution in [0.2, 0.25) is 5.15 Å². The number of aromatic nitrogens is 5. The molecule has 0 fully saturated rings. The standard InChI is InChI=1S/C11H15ClN6/c1-7-10(12)15-8(2)16-11(7)13-5-4-9-17-14-6-18(9)3/h6H,4-5H2,1-3H3,(H,13,15,16). The molecule has 2 aromatic rings. The zero-order valence-electron chi connectivity index (χ0n) is 10.6. The molecule has 18 heavy (non-hydrogen) atoms. The van der Waals surface area contributed by atoms with Crippen LogP contribution in [0.25, 0.3) is 0 Å². The van der Waals surface area contributed by atoms with Crippen molar-refractivity contribution in [2.24, 2.45) is 7.05 Å². The molecule has 0 bridgehead atoms. The smallest absolute Gasteiger partial charge is 0.137 e. The summed E-state index contributed by atoms with van der Waals surface area (Å²) in [6.45, 7) is 4.44. The third-order valence-electron chi connectivity index (χ3n) is 2.64. The average Bonchev–Trinajstić information content (AvgIpc) is 2.71. The van der Waals surface area contributed by atoms with Crippen LogP contribution in [0.3, 0.4) is 0 Å². The highest BCUT2D eigenvalue weighted by Gasteiger charge is 2.07. The lowest BCUT2D eigenvalue weighted by Gasteiger charge is -2.09. The minimum absolute atomic E-state index is 0.489. The Morgan fingerprint density at radius 2 is 2.11 bits per heavy atom. The van der Waals surface area contributed by atoms with E-state index >= 15 is 0 Å². The Morgan fingerprint density at radius 1 is 1.33 bits per heavy atom. The van der Waals surface area contributed by atoms with E-state index in [1.807, 2.05) is 25.5 Å². The fourth-order valence-corrected chi connectivity index (χ4v) is 1.80. The fraction of sp³-hybridized carbons (Fsp3) is 0.455. The number of anilines is 1. The summed E-state index contributed by atoms with van der Waals surface area (Å²) >= 11 is 6.01. The summed E-state index contributed by atoms with van der Waals surface area (Å²) in [5.41, 5.74) is 0.861. The topological polar surface area (TPSA) is 68.5 Å². The number of hydrogen-bond donors (Lipinski definition) is 1. The Balaban J connectivity index is 2.01. The van der Waals surface area contributed by atoms with Crippen molar-refractivity contribution in [3.05, 3.63) is 28.7 Å². The molecule has 0 aliphatic heterocycles. The lowest BCUT2D eigenvalue weighted by atomic mass is 10.3. The van der Waals surface area contributed by atoms with Gasteiger partial charge in [-0.25, -0.2) is 9.97 Å². The Kier molecular flexibility index (Phi) is 3.76. The maximum Gasteiger partial charge on any atom is 0.137 e. The Bertz CT molecular complexity index is 550. The van der Waals surface area contributed by atoms with E-state index in [4.69, 9.17) is 11.6 Å². The molecule has 6 nitrogen and oxygen atoms in total. The second kappa shape index (κ2) is 5.30. The van der Waals surface area contributed by atoms with Gasteiger partial charge in [0.05, 0.1) is 0 Å². The van der Waals surface area contributed by atoms with E-state index in [0.717, 1.165) is 30.2 Å². The first-order valence-corrected chi connectivity index (χ1v) is 6.03. The van der Waals surface area contributed by atoms with E-state index in [0.29, 0.717) is 11.0 Å². The SMILES string of the molecule is Cc1nc(Cl)c(C)c(NCCc2nncn2C)n1. The van der Waals surface area contributed by atoms with E-state index in [2.05, 4.69) is 25.5 Å². The predicted octanol–water partition coefficient (Wildman–Crippen LogP) is 1.53. The van der Waals surface area contributed by atoms with Crippen LogP contribution in [0.1, 0.15) is 17.2 Å². The molecule has 7 heteroatoms. The molecule has 2 aromatic heterocycles. The summed E-state index contributed by atoms with van der Waals surface area (Å²) in [5, 5.41) is 11.6. The molecule has 1 N–H and O–H groups in total. The molecular weight excluding hydrogens is 252 g/mol. The van der Waals surface area contributed by atoms with Gasteiger partial charge in [-0.05, 0) is 13.8 Å². The van der Waals surface area contributed by atoms with E-state index in [1.165, 1.54) is 0 Å². The molecular formula is C11H15ClN6. The van der Waals surface area contributed by atoms with Crippen molar-refractivity contribution in [3.8, 4) is 0 Å². The van der Waals surface area contributed by atoms with E-state index in [-0.39, 0.29) is 0 Å². The van der Waals surface area contributed by atoms with Crippen molar-refractivity contribution in [1.29, 1.82) is 0 Å². The van der Waals surface area contributed by atoms with Crippen molar-refractivity contribution in [2.45, 2.75) is 20.3 Å². The van der Waals surface area contributed by atoms with Gasteiger partial charge in [0.25, 0.3) is 0 Å². The van der Waals surface area contributed by atoms with Gasteiger partial charge in [0.2, 0.25) is 0 Å². The van der Waals surface area contributed by atoms with Gasteiger partial charge in [-0.2, -0.15) is 0 Å². The molecule has 0 amide bonds.